The van der Waals surface area contributed by atoms with Crippen molar-refractivity contribution in [3.05, 3.63) is 116 Å². The zero-order chi connectivity index (χ0) is 36.5. The number of aryl methyl sites for hydroxylation is 5. The van der Waals surface area contributed by atoms with E-state index in [4.69, 9.17) is 27.9 Å². The van der Waals surface area contributed by atoms with Crippen LogP contribution in [0.25, 0.3) is 22.0 Å². The van der Waals surface area contributed by atoms with Gasteiger partial charge in [0.1, 0.15) is 17.2 Å². The first-order chi connectivity index (χ1) is 24.3. The molecule has 0 bridgehead atoms. The number of nitrogens with zero attached hydrogens (tertiary/aromatic N) is 3. The summed E-state index contributed by atoms with van der Waals surface area (Å²) in [6.45, 7) is 10.8. The van der Waals surface area contributed by atoms with E-state index in [1.807, 2.05) is 81.1 Å². The number of rotatable bonds is 8. The highest BCUT2D eigenvalue weighted by molar-refractivity contribution is 6.35. The molecule has 0 saturated heterocycles. The highest BCUT2D eigenvalue weighted by Crippen LogP contribution is 2.47. The number of hydrogen-bond donors (Lipinski definition) is 2. The monoisotopic (exact) mass is 725 g/mol. The van der Waals surface area contributed by atoms with Crippen molar-refractivity contribution >= 4 is 46.0 Å². The van der Waals surface area contributed by atoms with E-state index < -0.39 is 5.97 Å². The van der Waals surface area contributed by atoms with Crippen molar-refractivity contribution in [3.8, 4) is 22.6 Å². The van der Waals surface area contributed by atoms with Crippen LogP contribution >= 0.6 is 23.2 Å². The summed E-state index contributed by atoms with van der Waals surface area (Å²) >= 11 is 13.5. The van der Waals surface area contributed by atoms with Crippen LogP contribution in [0.15, 0.2) is 72.1 Å². The van der Waals surface area contributed by atoms with Crippen molar-refractivity contribution in [3.63, 3.8) is 0 Å². The lowest BCUT2D eigenvalue weighted by Crippen LogP contribution is -2.43. The maximum Gasteiger partial charge on any atom is 0.335 e. The average Bonchev–Trinajstić information content (AvgIpc) is 3.58. The highest BCUT2D eigenvalue weighted by atomic mass is 35.5. The van der Waals surface area contributed by atoms with Gasteiger partial charge in [-0.15, -0.1) is 0 Å². The number of fused-ring (bicyclic) bond motifs is 4. The Morgan fingerprint density at radius 3 is 2.35 bits per heavy atom. The van der Waals surface area contributed by atoms with Crippen LogP contribution < -0.4 is 4.74 Å². The molecule has 3 atom stereocenters. The molecule has 1 amide bonds. The number of carboxylic acids is 1. The quantitative estimate of drug-likeness (QED) is 0.176. The summed E-state index contributed by atoms with van der Waals surface area (Å²) in [5.41, 5.74) is 8.84. The maximum atomic E-state index is 15.0. The van der Waals surface area contributed by atoms with E-state index in [0.29, 0.717) is 36.7 Å². The van der Waals surface area contributed by atoms with Gasteiger partial charge in [0.25, 0.3) is 5.91 Å². The number of hydrogen-bond acceptors (Lipinski definition) is 5. The molecule has 0 spiro atoms. The molecule has 8 nitrogen and oxygen atoms in total. The molecule has 3 aliphatic rings. The Bertz CT molecular complexity index is 2190. The minimum Gasteiger partial charge on any atom is -0.508 e. The van der Waals surface area contributed by atoms with Crippen LogP contribution in [0.3, 0.4) is 0 Å². The smallest absolute Gasteiger partial charge is 0.335 e. The third kappa shape index (κ3) is 5.88. The van der Waals surface area contributed by atoms with E-state index in [2.05, 4.69) is 11.5 Å². The minimum atomic E-state index is -0.991. The van der Waals surface area contributed by atoms with Gasteiger partial charge in [0.05, 0.1) is 28.8 Å². The van der Waals surface area contributed by atoms with E-state index in [0.717, 1.165) is 66.3 Å². The van der Waals surface area contributed by atoms with Gasteiger partial charge in [0.2, 0.25) is 0 Å². The van der Waals surface area contributed by atoms with Gasteiger partial charge in [-0.3, -0.25) is 4.79 Å². The number of aliphatic carboxylic acids is 1. The highest BCUT2D eigenvalue weighted by Gasteiger charge is 2.43. The summed E-state index contributed by atoms with van der Waals surface area (Å²) in [7, 11) is 1.95. The molecule has 1 aromatic heterocycles. The van der Waals surface area contributed by atoms with E-state index in [1.165, 1.54) is 0 Å². The predicted octanol–water partition coefficient (Wildman–Crippen LogP) is 8.94. The summed E-state index contributed by atoms with van der Waals surface area (Å²) in [6, 6.07) is 11.0. The number of halogens is 2. The molecule has 51 heavy (non-hydrogen) atoms. The lowest BCUT2D eigenvalue weighted by Gasteiger charge is -2.37. The third-order valence-corrected chi connectivity index (χ3v) is 11.4. The Morgan fingerprint density at radius 1 is 1.00 bits per heavy atom. The Kier molecular flexibility index (Phi) is 8.96. The number of aromatic nitrogens is 1. The van der Waals surface area contributed by atoms with E-state index in [1.54, 1.807) is 24.3 Å². The number of carboxylic acid groups (broad SMARTS) is 1. The van der Waals surface area contributed by atoms with Crippen molar-refractivity contribution < 1.29 is 24.5 Å². The number of likely N-dealkylation sites (N-methyl/N-ethyl adjacent to an activating group) is 1. The second-order valence-electron chi connectivity index (χ2n) is 14.1. The maximum absolute atomic E-state index is 15.0. The zero-order valence-corrected chi connectivity index (χ0v) is 31.1. The van der Waals surface area contributed by atoms with Gasteiger partial charge in [-0.25, -0.2) is 4.79 Å². The van der Waals surface area contributed by atoms with Gasteiger partial charge in [0, 0.05) is 53.4 Å². The van der Waals surface area contributed by atoms with Gasteiger partial charge >= 0.3 is 5.97 Å². The van der Waals surface area contributed by atoms with Crippen molar-refractivity contribution in [2.24, 2.45) is 5.92 Å². The number of amides is 1. The third-order valence-electron chi connectivity index (χ3n) is 10.5. The number of ether oxygens (including phenoxy) is 1. The number of aromatic hydroxyl groups is 1. The second kappa shape index (κ2) is 13.1. The van der Waals surface area contributed by atoms with Crippen LogP contribution in [0.2, 0.25) is 10.0 Å². The fourth-order valence-electron chi connectivity index (χ4n) is 8.24. The molecular weight excluding hydrogens is 685 g/mol. The van der Waals surface area contributed by atoms with Crippen molar-refractivity contribution in [1.82, 2.24) is 14.4 Å². The van der Waals surface area contributed by atoms with E-state index in [-0.39, 0.29) is 35.2 Å². The first-order valence-electron chi connectivity index (χ1n) is 17.2. The van der Waals surface area contributed by atoms with Crippen LogP contribution in [0.5, 0.6) is 11.5 Å². The Balaban J connectivity index is 1.35. The molecule has 3 aromatic carbocycles. The van der Waals surface area contributed by atoms with Crippen molar-refractivity contribution in [2.45, 2.75) is 59.5 Å². The fraction of sp³-hybridized carbons (Fsp3) is 0.317. The second-order valence-corrected chi connectivity index (χ2v) is 14.9. The molecule has 0 saturated carbocycles. The molecular formula is C41H41Cl2N3O5. The molecule has 4 aromatic rings. The molecule has 0 fully saturated rings. The van der Waals surface area contributed by atoms with Gasteiger partial charge in [-0.2, -0.15) is 0 Å². The number of phenols is 1. The standard InChI is InChI=1S/C41H41Cl2N3O5/c1-21-14-27(47)15-22(2)35(21)36-32(42)11-10-30-29(8-7-13-51-28-16-23(3)37(43)24(4)17-28)39-40(48)45(19-25(5)46(39)38(30)36)34-20-44(6)33-12-9-26(41(49)50)18-31(33)34/h9-12,14-18,20,25,31,33,47H,7-8,13,19H2,1-6H3,(H,49,50)/t25-,31?,33?/m1/s1. The number of benzene rings is 3. The van der Waals surface area contributed by atoms with E-state index >= 15 is 0 Å². The molecule has 2 aliphatic heterocycles. The number of carbonyl (C=O) groups excluding carboxylic acids is 1. The fourth-order valence-corrected chi connectivity index (χ4v) is 8.60. The molecule has 0 radical (unpaired) electrons. The molecule has 264 valence electrons. The van der Waals surface area contributed by atoms with Gasteiger partial charge in [-0.05, 0) is 117 Å². The molecule has 1 aliphatic carbocycles. The normalized spacial score (nSPS) is 19.7. The molecule has 2 unspecified atom stereocenters. The SMILES string of the molecule is Cc1cc(OCCCc2c3n(c4c(-c5c(C)cc(O)cc5C)c(Cl)ccc24)[C@H](C)CN(C2=CN(C)C4C=CC(C(=O)O)=CC24)C3=O)cc(C)c1Cl. The summed E-state index contributed by atoms with van der Waals surface area (Å²) < 4.78 is 8.35. The Morgan fingerprint density at radius 2 is 1.69 bits per heavy atom. The first kappa shape index (κ1) is 34.8. The predicted molar refractivity (Wildman–Crippen MR) is 202 cm³/mol. The summed E-state index contributed by atoms with van der Waals surface area (Å²) in [5.74, 6) is -0.469. The summed E-state index contributed by atoms with van der Waals surface area (Å²) in [4.78, 5) is 30.8. The van der Waals surface area contributed by atoms with Crippen molar-refractivity contribution in [1.29, 1.82) is 0 Å². The van der Waals surface area contributed by atoms with Gasteiger partial charge in [-0.1, -0.05) is 41.4 Å². The van der Waals surface area contributed by atoms with Crippen LogP contribution in [0.1, 0.15) is 57.7 Å². The van der Waals surface area contributed by atoms with Crippen LogP contribution in [0.4, 0.5) is 0 Å². The first-order valence-corrected chi connectivity index (χ1v) is 18.0. The largest absolute Gasteiger partial charge is 0.508 e. The van der Waals surface area contributed by atoms with Crippen LogP contribution in [0, 0.1) is 33.6 Å². The Labute approximate surface area is 307 Å². The molecule has 3 heterocycles. The van der Waals surface area contributed by atoms with Gasteiger partial charge < -0.3 is 29.3 Å². The molecule has 10 heteroatoms. The summed E-state index contributed by atoms with van der Waals surface area (Å²) in [5, 5.41) is 22.4. The molecule has 2 N–H and O–H groups in total. The minimum absolute atomic E-state index is 0.0818. The molecule has 7 rings (SSSR count). The Hall–Kier alpha value is -4.66. The summed E-state index contributed by atoms with van der Waals surface area (Å²) in [6.07, 6.45) is 8.49. The lowest BCUT2D eigenvalue weighted by atomic mass is 9.89. The zero-order valence-electron chi connectivity index (χ0n) is 29.6. The van der Waals surface area contributed by atoms with Crippen LogP contribution in [-0.2, 0) is 11.2 Å². The van der Waals surface area contributed by atoms with Gasteiger partial charge in [0.15, 0.2) is 0 Å². The topological polar surface area (TPSA) is 95.2 Å². The number of phenolic OH excluding ortho intramolecular Hbond substituents is 1. The van der Waals surface area contributed by atoms with Crippen LogP contribution in [-0.4, -0.2) is 62.7 Å². The lowest BCUT2D eigenvalue weighted by molar-refractivity contribution is -0.132. The average molecular weight is 727 g/mol. The van der Waals surface area contributed by atoms with Crippen molar-refractivity contribution in [2.75, 3.05) is 20.2 Å². The van der Waals surface area contributed by atoms with E-state index in [9.17, 15) is 19.8 Å². The number of carbonyl (C=O) groups is 2.